The molecule has 1 aliphatic carbocycles. The number of thioether (sulfide) groups is 1. The maximum atomic E-state index is 12.4. The van der Waals surface area contributed by atoms with Crippen molar-refractivity contribution in [2.24, 2.45) is 0 Å². The number of benzene rings is 2. The van der Waals surface area contributed by atoms with Gasteiger partial charge in [-0.3, -0.25) is 9.36 Å². The average Bonchev–Trinajstić information content (AvgIpc) is 3.34. The van der Waals surface area contributed by atoms with Gasteiger partial charge in [0.2, 0.25) is 5.91 Å². The third-order valence-corrected chi connectivity index (χ3v) is 5.93. The van der Waals surface area contributed by atoms with Crippen LogP contribution >= 0.6 is 11.8 Å². The van der Waals surface area contributed by atoms with Crippen LogP contribution in [0.4, 0.5) is 0 Å². The van der Waals surface area contributed by atoms with E-state index in [-0.39, 0.29) is 5.91 Å². The standard InChI is InChI=1S/C22H25N3O2S/c1-2-27-18-13-11-17(12-14-18)25-20-10-6-5-9-19(20)24-22(25)28-15-21(26)23-16-7-3-4-8-16/h5-6,9-14,16H,2-4,7-8,15H2,1H3,(H,23,26). The predicted molar refractivity (Wildman–Crippen MR) is 113 cm³/mol. The number of ether oxygens (including phenoxy) is 1. The molecule has 1 saturated carbocycles. The Balaban J connectivity index is 1.57. The van der Waals surface area contributed by atoms with Gasteiger partial charge in [-0.1, -0.05) is 36.7 Å². The van der Waals surface area contributed by atoms with E-state index in [1.54, 1.807) is 0 Å². The van der Waals surface area contributed by atoms with Gasteiger partial charge in [-0.15, -0.1) is 0 Å². The average molecular weight is 396 g/mol. The molecule has 1 aromatic heterocycles. The minimum Gasteiger partial charge on any atom is -0.494 e. The summed E-state index contributed by atoms with van der Waals surface area (Å²) in [5.41, 5.74) is 2.97. The number of rotatable bonds is 7. The highest BCUT2D eigenvalue weighted by atomic mass is 32.2. The first-order valence-electron chi connectivity index (χ1n) is 9.87. The van der Waals surface area contributed by atoms with Crippen LogP contribution in [0.2, 0.25) is 0 Å². The molecule has 0 atom stereocenters. The number of carbonyl (C=O) groups is 1. The summed E-state index contributed by atoms with van der Waals surface area (Å²) in [5, 5.41) is 3.98. The van der Waals surface area contributed by atoms with Crippen molar-refractivity contribution >= 4 is 28.7 Å². The van der Waals surface area contributed by atoms with E-state index in [9.17, 15) is 4.79 Å². The Labute approximate surface area is 169 Å². The van der Waals surface area contributed by atoms with Gasteiger partial charge >= 0.3 is 0 Å². The number of hydrogen-bond acceptors (Lipinski definition) is 4. The van der Waals surface area contributed by atoms with Crippen molar-refractivity contribution in [2.45, 2.75) is 43.8 Å². The fourth-order valence-electron chi connectivity index (χ4n) is 3.68. The summed E-state index contributed by atoms with van der Waals surface area (Å²) >= 11 is 1.48. The van der Waals surface area contributed by atoms with Crippen molar-refractivity contribution in [1.29, 1.82) is 0 Å². The van der Waals surface area contributed by atoms with E-state index in [1.807, 2.05) is 49.4 Å². The fraction of sp³-hybridized carbons (Fsp3) is 0.364. The molecule has 1 amide bonds. The number of nitrogens with one attached hydrogen (secondary N) is 1. The molecule has 1 fully saturated rings. The highest BCUT2D eigenvalue weighted by Crippen LogP contribution is 2.29. The van der Waals surface area contributed by atoms with Crippen LogP contribution in [0.5, 0.6) is 5.75 Å². The topological polar surface area (TPSA) is 56.1 Å². The Morgan fingerprint density at radius 2 is 1.93 bits per heavy atom. The molecule has 5 nitrogen and oxygen atoms in total. The van der Waals surface area contributed by atoms with Crippen LogP contribution in [0.1, 0.15) is 32.6 Å². The van der Waals surface area contributed by atoms with Crippen LogP contribution in [-0.2, 0) is 4.79 Å². The minimum atomic E-state index is 0.0854. The Bertz CT molecular complexity index is 946. The zero-order chi connectivity index (χ0) is 19.3. The molecular formula is C22H25N3O2S. The first kappa shape index (κ1) is 18.9. The summed E-state index contributed by atoms with van der Waals surface area (Å²) in [7, 11) is 0. The number of fused-ring (bicyclic) bond motifs is 1. The summed E-state index contributed by atoms with van der Waals surface area (Å²) < 4.78 is 7.66. The lowest BCUT2D eigenvalue weighted by molar-refractivity contribution is -0.119. The van der Waals surface area contributed by atoms with Crippen LogP contribution in [0.15, 0.2) is 53.7 Å². The summed E-state index contributed by atoms with van der Waals surface area (Å²) in [6, 6.07) is 16.4. The first-order valence-corrected chi connectivity index (χ1v) is 10.9. The molecule has 0 saturated heterocycles. The Hall–Kier alpha value is -2.47. The second kappa shape index (κ2) is 8.69. The van der Waals surface area contributed by atoms with Gasteiger partial charge in [-0.25, -0.2) is 4.98 Å². The van der Waals surface area contributed by atoms with Gasteiger partial charge in [0, 0.05) is 11.7 Å². The van der Waals surface area contributed by atoms with Crippen LogP contribution in [0.3, 0.4) is 0 Å². The molecule has 1 N–H and O–H groups in total. The number of nitrogens with zero attached hydrogens (tertiary/aromatic N) is 2. The molecule has 2 aromatic carbocycles. The Morgan fingerprint density at radius 1 is 1.18 bits per heavy atom. The SMILES string of the molecule is CCOc1ccc(-n2c(SCC(=O)NC3CCCC3)nc3ccccc32)cc1. The summed E-state index contributed by atoms with van der Waals surface area (Å²) in [5.74, 6) is 1.31. The van der Waals surface area contributed by atoms with Crippen molar-refractivity contribution in [2.75, 3.05) is 12.4 Å². The largest absolute Gasteiger partial charge is 0.494 e. The molecule has 1 heterocycles. The van der Waals surface area contributed by atoms with E-state index in [4.69, 9.17) is 9.72 Å². The van der Waals surface area contributed by atoms with E-state index in [2.05, 4.69) is 16.0 Å². The van der Waals surface area contributed by atoms with Crippen molar-refractivity contribution in [3.05, 3.63) is 48.5 Å². The van der Waals surface area contributed by atoms with Crippen LogP contribution < -0.4 is 10.1 Å². The molecule has 0 aliphatic heterocycles. The zero-order valence-electron chi connectivity index (χ0n) is 16.1. The molecule has 0 bridgehead atoms. The molecule has 0 radical (unpaired) electrons. The Morgan fingerprint density at radius 3 is 2.68 bits per heavy atom. The lowest BCUT2D eigenvalue weighted by Gasteiger charge is -2.12. The number of amides is 1. The highest BCUT2D eigenvalue weighted by Gasteiger charge is 2.19. The smallest absolute Gasteiger partial charge is 0.230 e. The lowest BCUT2D eigenvalue weighted by atomic mass is 10.2. The molecular weight excluding hydrogens is 370 g/mol. The van der Waals surface area contributed by atoms with Gasteiger partial charge in [0.1, 0.15) is 5.75 Å². The molecule has 0 spiro atoms. The van der Waals surface area contributed by atoms with E-state index < -0.39 is 0 Å². The number of carbonyl (C=O) groups excluding carboxylic acids is 1. The molecule has 4 rings (SSSR count). The normalized spacial score (nSPS) is 14.5. The molecule has 146 valence electrons. The number of imidazole rings is 1. The summed E-state index contributed by atoms with van der Waals surface area (Å²) in [6.07, 6.45) is 4.62. The van der Waals surface area contributed by atoms with E-state index in [1.165, 1.54) is 24.6 Å². The van der Waals surface area contributed by atoms with Crippen molar-refractivity contribution in [1.82, 2.24) is 14.9 Å². The first-order chi connectivity index (χ1) is 13.7. The van der Waals surface area contributed by atoms with Gasteiger partial charge in [-0.2, -0.15) is 0 Å². The zero-order valence-corrected chi connectivity index (χ0v) is 16.9. The predicted octanol–water partition coefficient (Wildman–Crippen LogP) is 4.58. The summed E-state index contributed by atoms with van der Waals surface area (Å²) in [4.78, 5) is 17.1. The Kier molecular flexibility index (Phi) is 5.86. The van der Waals surface area contributed by atoms with Gasteiger partial charge in [0.15, 0.2) is 5.16 Å². The minimum absolute atomic E-state index is 0.0854. The fourth-order valence-corrected chi connectivity index (χ4v) is 4.52. The van der Waals surface area contributed by atoms with Gasteiger partial charge in [0.25, 0.3) is 0 Å². The quantitative estimate of drug-likeness (QED) is 0.595. The second-order valence-corrected chi connectivity index (χ2v) is 7.93. The van der Waals surface area contributed by atoms with Crippen molar-refractivity contribution < 1.29 is 9.53 Å². The number of aromatic nitrogens is 2. The summed E-state index contributed by atoms with van der Waals surface area (Å²) in [6.45, 7) is 2.62. The maximum Gasteiger partial charge on any atom is 0.230 e. The van der Waals surface area contributed by atoms with Crippen LogP contribution in [0.25, 0.3) is 16.7 Å². The monoisotopic (exact) mass is 395 g/mol. The van der Waals surface area contributed by atoms with E-state index in [0.29, 0.717) is 18.4 Å². The van der Waals surface area contributed by atoms with E-state index in [0.717, 1.165) is 40.5 Å². The number of para-hydroxylation sites is 2. The number of hydrogen-bond donors (Lipinski definition) is 1. The van der Waals surface area contributed by atoms with Crippen LogP contribution in [0, 0.1) is 0 Å². The van der Waals surface area contributed by atoms with Crippen LogP contribution in [-0.4, -0.2) is 33.9 Å². The van der Waals surface area contributed by atoms with Gasteiger partial charge in [0.05, 0.1) is 23.4 Å². The molecule has 6 heteroatoms. The second-order valence-electron chi connectivity index (χ2n) is 6.98. The van der Waals surface area contributed by atoms with Crippen molar-refractivity contribution in [3.8, 4) is 11.4 Å². The highest BCUT2D eigenvalue weighted by molar-refractivity contribution is 7.99. The van der Waals surface area contributed by atoms with Gasteiger partial charge < -0.3 is 10.1 Å². The molecule has 3 aromatic rings. The molecule has 0 unspecified atom stereocenters. The van der Waals surface area contributed by atoms with Crippen molar-refractivity contribution in [3.63, 3.8) is 0 Å². The van der Waals surface area contributed by atoms with E-state index >= 15 is 0 Å². The van der Waals surface area contributed by atoms with Gasteiger partial charge in [-0.05, 0) is 56.2 Å². The maximum absolute atomic E-state index is 12.4. The molecule has 28 heavy (non-hydrogen) atoms. The third kappa shape index (κ3) is 4.17. The third-order valence-electron chi connectivity index (χ3n) is 4.99. The molecule has 1 aliphatic rings. The lowest BCUT2D eigenvalue weighted by Crippen LogP contribution is -2.33.